The number of pyridine rings is 1. The number of hydrogen-bond acceptors (Lipinski definition) is 5. The Balaban J connectivity index is 1.38. The minimum Gasteiger partial charge on any atom is -0.494 e. The Bertz CT molecular complexity index is 1160. The van der Waals surface area contributed by atoms with Crippen molar-refractivity contribution in [3.8, 4) is 22.6 Å². The number of likely N-dealkylation sites (tertiary alicyclic amines) is 1. The summed E-state index contributed by atoms with van der Waals surface area (Å²) in [4.78, 5) is 23.0. The predicted molar refractivity (Wildman–Crippen MR) is 122 cm³/mol. The van der Waals surface area contributed by atoms with Gasteiger partial charge in [-0.3, -0.25) is 9.82 Å². The molecule has 3 heterocycles. The third kappa shape index (κ3) is 3.62. The van der Waals surface area contributed by atoms with Crippen LogP contribution in [0.25, 0.3) is 22.0 Å². The molecule has 0 atom stereocenters. The summed E-state index contributed by atoms with van der Waals surface area (Å²) in [7, 11) is 3.14. The molecule has 1 aromatic heterocycles. The van der Waals surface area contributed by atoms with Crippen LogP contribution < -0.4 is 15.0 Å². The van der Waals surface area contributed by atoms with Crippen LogP contribution in [-0.4, -0.2) is 48.8 Å². The van der Waals surface area contributed by atoms with Crippen molar-refractivity contribution in [2.75, 3.05) is 27.3 Å². The van der Waals surface area contributed by atoms with Crippen LogP contribution in [0.15, 0.2) is 48.7 Å². The van der Waals surface area contributed by atoms with E-state index >= 15 is 0 Å². The van der Waals surface area contributed by atoms with Gasteiger partial charge in [0.15, 0.2) is 5.75 Å². The Morgan fingerprint density at radius 1 is 1.12 bits per heavy atom. The van der Waals surface area contributed by atoms with Gasteiger partial charge in [-0.25, -0.2) is 10.3 Å². The molecule has 166 valence electrons. The second-order valence-electron chi connectivity index (χ2n) is 8.43. The summed E-state index contributed by atoms with van der Waals surface area (Å²) in [5, 5.41) is 1.06. The minimum absolute atomic E-state index is 0.193. The first-order valence-electron chi connectivity index (χ1n) is 10.9. The molecule has 32 heavy (non-hydrogen) atoms. The zero-order chi connectivity index (χ0) is 22.1. The standard InChI is InChI=1S/C25H27N3O4/c1-30-23-20(7-5-17-4-3-13-26-22(17)23)18-6-8-21-19(16-18)9-10-25(32-21)11-14-28(15-12-25)24(29)27-31-2/h3-8,13,16H,9-12,14-15H2,1-2H3,(H,27,29). The Hall–Kier alpha value is -3.32. The summed E-state index contributed by atoms with van der Waals surface area (Å²) in [6.07, 6.45) is 5.31. The molecule has 7 nitrogen and oxygen atoms in total. The first-order chi connectivity index (χ1) is 15.6. The Labute approximate surface area is 187 Å². The number of methoxy groups -OCH3 is 1. The third-order valence-electron chi connectivity index (χ3n) is 6.63. The first-order valence-corrected chi connectivity index (χ1v) is 10.9. The number of aromatic nitrogens is 1. The minimum atomic E-state index is -0.205. The number of piperidine rings is 1. The number of nitrogens with zero attached hydrogens (tertiary/aromatic N) is 2. The van der Waals surface area contributed by atoms with Gasteiger partial charge in [-0.2, -0.15) is 0 Å². The van der Waals surface area contributed by atoms with Gasteiger partial charge in [0.2, 0.25) is 0 Å². The average Bonchev–Trinajstić information content (AvgIpc) is 2.83. The average molecular weight is 434 g/mol. The third-order valence-corrected chi connectivity index (χ3v) is 6.63. The van der Waals surface area contributed by atoms with Gasteiger partial charge in [0, 0.05) is 43.1 Å². The number of aryl methyl sites for hydroxylation is 1. The molecule has 0 radical (unpaired) electrons. The highest BCUT2D eigenvalue weighted by molar-refractivity contribution is 5.92. The van der Waals surface area contributed by atoms with Gasteiger partial charge in [0.1, 0.15) is 16.9 Å². The molecule has 2 aliphatic heterocycles. The lowest BCUT2D eigenvalue weighted by atomic mass is 9.82. The highest BCUT2D eigenvalue weighted by atomic mass is 16.6. The molecule has 1 saturated heterocycles. The summed E-state index contributed by atoms with van der Waals surface area (Å²) in [6.45, 7) is 1.31. The SMILES string of the molecule is CONC(=O)N1CCC2(CCc3cc(-c4ccc5cccnc5c4OC)ccc3O2)CC1. The zero-order valence-corrected chi connectivity index (χ0v) is 18.4. The number of benzene rings is 2. The quantitative estimate of drug-likeness (QED) is 0.622. The lowest BCUT2D eigenvalue weighted by molar-refractivity contribution is -0.0107. The molecular weight excluding hydrogens is 406 g/mol. The van der Waals surface area contributed by atoms with Crippen molar-refractivity contribution in [1.29, 1.82) is 0 Å². The number of hydroxylamine groups is 1. The highest BCUT2D eigenvalue weighted by Crippen LogP contribution is 2.42. The normalized spacial score (nSPS) is 17.0. The van der Waals surface area contributed by atoms with Gasteiger partial charge in [-0.15, -0.1) is 0 Å². The molecule has 7 heteroatoms. The fourth-order valence-corrected chi connectivity index (χ4v) is 4.86. The van der Waals surface area contributed by atoms with E-state index in [9.17, 15) is 4.79 Å². The largest absolute Gasteiger partial charge is 0.494 e. The summed E-state index contributed by atoms with van der Waals surface area (Å²) in [6, 6.07) is 14.3. The second-order valence-corrected chi connectivity index (χ2v) is 8.43. The van der Waals surface area contributed by atoms with Gasteiger partial charge < -0.3 is 14.4 Å². The molecule has 0 unspecified atom stereocenters. The van der Waals surface area contributed by atoms with Gasteiger partial charge in [0.25, 0.3) is 0 Å². The maximum Gasteiger partial charge on any atom is 0.341 e. The van der Waals surface area contributed by atoms with Crippen molar-refractivity contribution in [3.63, 3.8) is 0 Å². The van der Waals surface area contributed by atoms with E-state index in [1.54, 1.807) is 18.2 Å². The van der Waals surface area contributed by atoms with Crippen molar-refractivity contribution >= 4 is 16.9 Å². The number of hydrogen-bond donors (Lipinski definition) is 1. The van der Waals surface area contributed by atoms with Crippen LogP contribution in [0.4, 0.5) is 4.79 Å². The van der Waals surface area contributed by atoms with Crippen LogP contribution in [0.5, 0.6) is 11.5 Å². The summed E-state index contributed by atoms with van der Waals surface area (Å²) in [5.74, 6) is 1.73. The van der Waals surface area contributed by atoms with Crippen molar-refractivity contribution in [2.45, 2.75) is 31.3 Å². The van der Waals surface area contributed by atoms with E-state index in [0.29, 0.717) is 13.1 Å². The lowest BCUT2D eigenvalue weighted by Crippen LogP contribution is -2.53. The van der Waals surface area contributed by atoms with Crippen LogP contribution in [-0.2, 0) is 11.3 Å². The van der Waals surface area contributed by atoms with E-state index in [2.05, 4.69) is 40.8 Å². The molecule has 0 saturated carbocycles. The van der Waals surface area contributed by atoms with Gasteiger partial charge >= 0.3 is 6.03 Å². The smallest absolute Gasteiger partial charge is 0.341 e. The van der Waals surface area contributed by atoms with E-state index < -0.39 is 0 Å². The Kier molecular flexibility index (Phi) is 5.35. The van der Waals surface area contributed by atoms with E-state index in [1.807, 2.05) is 12.1 Å². The number of carbonyl (C=O) groups is 1. The van der Waals surface area contributed by atoms with Crippen molar-refractivity contribution in [3.05, 3.63) is 54.2 Å². The van der Waals surface area contributed by atoms with E-state index in [4.69, 9.17) is 14.3 Å². The van der Waals surface area contributed by atoms with Crippen molar-refractivity contribution < 1.29 is 19.1 Å². The van der Waals surface area contributed by atoms with E-state index in [1.165, 1.54) is 12.7 Å². The second kappa shape index (κ2) is 8.31. The summed E-state index contributed by atoms with van der Waals surface area (Å²) in [5.41, 5.74) is 6.38. The maximum absolute atomic E-state index is 12.0. The lowest BCUT2D eigenvalue weighted by Gasteiger charge is -2.44. The first kappa shape index (κ1) is 20.6. The number of fused-ring (bicyclic) bond motifs is 2. The van der Waals surface area contributed by atoms with E-state index in [-0.39, 0.29) is 11.6 Å². The topological polar surface area (TPSA) is 72.9 Å². The molecule has 3 aromatic rings. The fourth-order valence-electron chi connectivity index (χ4n) is 4.86. The Morgan fingerprint density at radius 3 is 2.75 bits per heavy atom. The van der Waals surface area contributed by atoms with Crippen LogP contribution in [0.1, 0.15) is 24.8 Å². The van der Waals surface area contributed by atoms with Gasteiger partial charge in [0.05, 0.1) is 14.2 Å². The number of ether oxygens (including phenoxy) is 2. The molecule has 2 aliphatic rings. The molecule has 1 N–H and O–H groups in total. The highest BCUT2D eigenvalue weighted by Gasteiger charge is 2.40. The van der Waals surface area contributed by atoms with Crippen LogP contribution >= 0.6 is 0 Å². The number of rotatable bonds is 3. The van der Waals surface area contributed by atoms with Crippen LogP contribution in [0.3, 0.4) is 0 Å². The molecule has 2 aromatic carbocycles. The Morgan fingerprint density at radius 2 is 1.97 bits per heavy atom. The predicted octanol–water partition coefficient (Wildman–Crippen LogP) is 4.34. The molecular formula is C25H27N3O4. The van der Waals surface area contributed by atoms with Crippen molar-refractivity contribution in [2.24, 2.45) is 0 Å². The molecule has 1 fully saturated rings. The molecule has 0 bridgehead atoms. The van der Waals surface area contributed by atoms with Gasteiger partial charge in [-0.1, -0.05) is 18.2 Å². The molecule has 1 spiro atoms. The van der Waals surface area contributed by atoms with Crippen LogP contribution in [0, 0.1) is 0 Å². The number of nitrogens with one attached hydrogen (secondary N) is 1. The van der Waals surface area contributed by atoms with E-state index in [0.717, 1.165) is 59.2 Å². The molecule has 2 amide bonds. The number of amides is 2. The van der Waals surface area contributed by atoms with Crippen LogP contribution in [0.2, 0.25) is 0 Å². The zero-order valence-electron chi connectivity index (χ0n) is 18.4. The monoisotopic (exact) mass is 433 g/mol. The number of carbonyl (C=O) groups excluding carboxylic acids is 1. The van der Waals surface area contributed by atoms with Crippen molar-refractivity contribution in [1.82, 2.24) is 15.4 Å². The molecule has 0 aliphatic carbocycles. The summed E-state index contributed by atoms with van der Waals surface area (Å²) < 4.78 is 12.3. The number of urea groups is 1. The summed E-state index contributed by atoms with van der Waals surface area (Å²) >= 11 is 0. The molecule has 5 rings (SSSR count). The van der Waals surface area contributed by atoms with Gasteiger partial charge in [-0.05, 0) is 48.2 Å². The fraction of sp³-hybridized carbons (Fsp3) is 0.360. The maximum atomic E-state index is 12.0.